The number of amides is 1. The van der Waals surface area contributed by atoms with Gasteiger partial charge in [-0.15, -0.1) is 6.58 Å². The number of aliphatic hydroxyl groups excluding tert-OH is 1. The first-order chi connectivity index (χ1) is 8.69. The second-order valence-electron chi connectivity index (χ2n) is 4.04. The van der Waals surface area contributed by atoms with Gasteiger partial charge in [-0.2, -0.15) is 0 Å². The molecule has 0 radical (unpaired) electrons. The number of carbonyl (C=O) groups excluding carboxylic acids is 1. The second kappa shape index (κ2) is 7.63. The third-order valence-electron chi connectivity index (χ3n) is 2.68. The molecule has 0 atom stereocenters. The highest BCUT2D eigenvalue weighted by Crippen LogP contribution is 2.11. The van der Waals surface area contributed by atoms with Gasteiger partial charge in [0.25, 0.3) is 0 Å². The Bertz CT molecular complexity index is 379. The Hall–Kier alpha value is -1.65. The summed E-state index contributed by atoms with van der Waals surface area (Å²) in [4.78, 5) is 15.5. The van der Waals surface area contributed by atoms with Crippen LogP contribution in [0.4, 0.5) is 5.69 Å². The predicted octanol–water partition coefficient (Wildman–Crippen LogP) is 1.13. The molecule has 18 heavy (non-hydrogen) atoms. The van der Waals surface area contributed by atoms with Crippen molar-refractivity contribution < 1.29 is 9.90 Å². The van der Waals surface area contributed by atoms with Gasteiger partial charge in [0.1, 0.15) is 0 Å². The van der Waals surface area contributed by atoms with Gasteiger partial charge in [-0.1, -0.05) is 24.3 Å². The molecule has 4 nitrogen and oxygen atoms in total. The zero-order chi connectivity index (χ0) is 13.4. The number of anilines is 1. The molecule has 1 amide bonds. The van der Waals surface area contributed by atoms with E-state index in [1.54, 1.807) is 18.0 Å². The molecule has 0 heterocycles. The van der Waals surface area contributed by atoms with Gasteiger partial charge in [0.15, 0.2) is 0 Å². The molecule has 0 unspecified atom stereocenters. The minimum Gasteiger partial charge on any atom is -0.395 e. The van der Waals surface area contributed by atoms with Gasteiger partial charge < -0.3 is 10.0 Å². The van der Waals surface area contributed by atoms with Crippen molar-refractivity contribution in [3.63, 3.8) is 0 Å². The number of likely N-dealkylation sites (N-methyl/N-ethyl adjacent to an activating group) is 1. The lowest BCUT2D eigenvalue weighted by molar-refractivity contribution is -0.119. The van der Waals surface area contributed by atoms with Crippen LogP contribution in [-0.2, 0) is 4.79 Å². The van der Waals surface area contributed by atoms with E-state index in [1.165, 1.54) is 0 Å². The molecule has 4 heteroatoms. The maximum atomic E-state index is 12.1. The minimum absolute atomic E-state index is 0.00324. The predicted molar refractivity (Wildman–Crippen MR) is 73.6 cm³/mol. The average Bonchev–Trinajstić information content (AvgIpc) is 2.39. The van der Waals surface area contributed by atoms with Crippen LogP contribution in [0.1, 0.15) is 0 Å². The molecule has 1 rings (SSSR count). The van der Waals surface area contributed by atoms with Crippen molar-refractivity contribution in [1.29, 1.82) is 0 Å². The number of para-hydroxylation sites is 1. The molecule has 1 N–H and O–H groups in total. The molecular weight excluding hydrogens is 228 g/mol. The van der Waals surface area contributed by atoms with E-state index in [-0.39, 0.29) is 19.1 Å². The summed E-state index contributed by atoms with van der Waals surface area (Å²) in [6, 6.07) is 9.49. The van der Waals surface area contributed by atoms with Crippen LogP contribution in [-0.4, -0.2) is 49.2 Å². The van der Waals surface area contributed by atoms with E-state index in [9.17, 15) is 4.79 Å². The van der Waals surface area contributed by atoms with Crippen molar-refractivity contribution in [1.82, 2.24) is 4.90 Å². The summed E-state index contributed by atoms with van der Waals surface area (Å²) in [5.74, 6) is -0.00324. The molecule has 0 fully saturated rings. The fraction of sp³-hybridized carbons (Fsp3) is 0.357. The van der Waals surface area contributed by atoms with Gasteiger partial charge in [-0.25, -0.2) is 0 Å². The van der Waals surface area contributed by atoms with Crippen LogP contribution in [0.3, 0.4) is 0 Å². The van der Waals surface area contributed by atoms with Gasteiger partial charge in [0.05, 0.1) is 13.2 Å². The van der Waals surface area contributed by atoms with Gasteiger partial charge >= 0.3 is 0 Å². The quantitative estimate of drug-likeness (QED) is 0.736. The fourth-order valence-electron chi connectivity index (χ4n) is 1.65. The SMILES string of the molecule is C=CCN(CCO)CC(=O)N(C)c1ccccc1. The molecule has 0 aromatic heterocycles. The molecule has 98 valence electrons. The Labute approximate surface area is 108 Å². The third kappa shape index (κ3) is 4.31. The molecular formula is C14H20N2O2. The molecule has 0 aliphatic rings. The topological polar surface area (TPSA) is 43.8 Å². The van der Waals surface area contributed by atoms with Crippen LogP contribution in [0.5, 0.6) is 0 Å². The Kier molecular flexibility index (Phi) is 6.11. The van der Waals surface area contributed by atoms with Crippen molar-refractivity contribution in [2.24, 2.45) is 0 Å². The number of benzene rings is 1. The van der Waals surface area contributed by atoms with Crippen molar-refractivity contribution in [2.45, 2.75) is 0 Å². The number of nitrogens with zero attached hydrogens (tertiary/aromatic N) is 2. The third-order valence-corrected chi connectivity index (χ3v) is 2.68. The van der Waals surface area contributed by atoms with Crippen molar-refractivity contribution >= 4 is 11.6 Å². The highest BCUT2D eigenvalue weighted by molar-refractivity contribution is 5.94. The maximum absolute atomic E-state index is 12.1. The number of aliphatic hydroxyl groups is 1. The minimum atomic E-state index is -0.00324. The van der Waals surface area contributed by atoms with E-state index in [4.69, 9.17) is 5.11 Å². The Morgan fingerprint density at radius 3 is 2.61 bits per heavy atom. The highest BCUT2D eigenvalue weighted by atomic mass is 16.3. The average molecular weight is 248 g/mol. The number of hydrogen-bond donors (Lipinski definition) is 1. The second-order valence-corrected chi connectivity index (χ2v) is 4.04. The summed E-state index contributed by atoms with van der Waals surface area (Å²) in [6.45, 7) is 5.02. The van der Waals surface area contributed by atoms with Crippen LogP contribution >= 0.6 is 0 Å². The van der Waals surface area contributed by atoms with Gasteiger partial charge in [0.2, 0.25) is 5.91 Å². The molecule has 0 saturated carbocycles. The summed E-state index contributed by atoms with van der Waals surface area (Å²) in [5, 5.41) is 8.93. The van der Waals surface area contributed by atoms with Gasteiger partial charge in [0, 0.05) is 25.8 Å². The first kappa shape index (κ1) is 14.4. The van der Waals surface area contributed by atoms with Crippen LogP contribution in [0.15, 0.2) is 43.0 Å². The van der Waals surface area contributed by atoms with Crippen molar-refractivity contribution in [3.05, 3.63) is 43.0 Å². The van der Waals surface area contributed by atoms with Crippen LogP contribution in [0.25, 0.3) is 0 Å². The first-order valence-electron chi connectivity index (χ1n) is 5.94. The molecule has 1 aromatic carbocycles. The molecule has 0 bridgehead atoms. The van der Waals surface area contributed by atoms with Gasteiger partial charge in [-0.05, 0) is 12.1 Å². The van der Waals surface area contributed by atoms with E-state index in [2.05, 4.69) is 6.58 Å². The number of carbonyl (C=O) groups is 1. The molecule has 0 aliphatic heterocycles. The Morgan fingerprint density at radius 2 is 2.06 bits per heavy atom. The van der Waals surface area contributed by atoms with Crippen LogP contribution in [0.2, 0.25) is 0 Å². The Balaban J connectivity index is 2.60. The zero-order valence-corrected chi connectivity index (χ0v) is 10.7. The molecule has 0 spiro atoms. The summed E-state index contributed by atoms with van der Waals surface area (Å²) >= 11 is 0. The smallest absolute Gasteiger partial charge is 0.240 e. The Morgan fingerprint density at radius 1 is 1.39 bits per heavy atom. The van der Waals surface area contributed by atoms with E-state index in [0.29, 0.717) is 13.1 Å². The summed E-state index contributed by atoms with van der Waals surface area (Å²) < 4.78 is 0. The largest absolute Gasteiger partial charge is 0.395 e. The first-order valence-corrected chi connectivity index (χ1v) is 5.94. The fourth-order valence-corrected chi connectivity index (χ4v) is 1.65. The molecule has 1 aromatic rings. The van der Waals surface area contributed by atoms with Crippen molar-refractivity contribution in [2.75, 3.05) is 38.2 Å². The molecule has 0 saturated heterocycles. The lowest BCUT2D eigenvalue weighted by atomic mass is 10.3. The zero-order valence-electron chi connectivity index (χ0n) is 10.7. The number of rotatable bonds is 7. The summed E-state index contributed by atoms with van der Waals surface area (Å²) in [5.41, 5.74) is 0.866. The summed E-state index contributed by atoms with van der Waals surface area (Å²) in [7, 11) is 1.75. The van der Waals surface area contributed by atoms with Crippen LogP contribution in [0, 0.1) is 0 Å². The van der Waals surface area contributed by atoms with Crippen LogP contribution < -0.4 is 4.90 Å². The van der Waals surface area contributed by atoms with E-state index in [0.717, 1.165) is 5.69 Å². The normalized spacial score (nSPS) is 10.4. The van der Waals surface area contributed by atoms with E-state index >= 15 is 0 Å². The monoisotopic (exact) mass is 248 g/mol. The summed E-state index contributed by atoms with van der Waals surface area (Å²) in [6.07, 6.45) is 1.73. The number of hydrogen-bond acceptors (Lipinski definition) is 3. The van der Waals surface area contributed by atoms with E-state index in [1.807, 2.05) is 35.2 Å². The molecule has 0 aliphatic carbocycles. The lowest BCUT2D eigenvalue weighted by Crippen LogP contribution is -2.39. The van der Waals surface area contributed by atoms with E-state index < -0.39 is 0 Å². The highest BCUT2D eigenvalue weighted by Gasteiger charge is 2.14. The lowest BCUT2D eigenvalue weighted by Gasteiger charge is -2.23. The maximum Gasteiger partial charge on any atom is 0.240 e. The standard InChI is InChI=1S/C14H20N2O2/c1-3-9-16(10-11-17)12-14(18)15(2)13-7-5-4-6-8-13/h3-8,17H,1,9-12H2,2H3. The van der Waals surface area contributed by atoms with Gasteiger partial charge in [-0.3, -0.25) is 9.69 Å². The van der Waals surface area contributed by atoms with Crippen molar-refractivity contribution in [3.8, 4) is 0 Å².